The molecule has 1 aromatic rings. The number of primary sulfonamides is 1. The van der Waals surface area contributed by atoms with E-state index in [1.807, 2.05) is 0 Å². The molecule has 1 amide bonds. The molecule has 8 heteroatoms. The predicted molar refractivity (Wildman–Crippen MR) is 59.0 cm³/mol. The molecule has 0 aromatic heterocycles. The summed E-state index contributed by atoms with van der Waals surface area (Å²) in [5.74, 6) is -0.828. The maximum Gasteiger partial charge on any atom is 0.250 e. The molecule has 0 fully saturated rings. The van der Waals surface area contributed by atoms with Gasteiger partial charge in [-0.3, -0.25) is 4.79 Å². The van der Waals surface area contributed by atoms with Crippen molar-refractivity contribution in [2.45, 2.75) is 4.90 Å². The summed E-state index contributed by atoms with van der Waals surface area (Å²) in [5, 5.41) is 4.95. The van der Waals surface area contributed by atoms with E-state index < -0.39 is 15.9 Å². The number of halogens is 2. The van der Waals surface area contributed by atoms with Gasteiger partial charge in [-0.15, -0.1) is 0 Å². The van der Waals surface area contributed by atoms with Crippen molar-refractivity contribution in [3.8, 4) is 0 Å². The molecule has 5 nitrogen and oxygen atoms in total. The number of nitrogens with two attached hydrogens (primary N) is 2. The quantitative estimate of drug-likeness (QED) is 0.845. The van der Waals surface area contributed by atoms with Crippen molar-refractivity contribution in [2.24, 2.45) is 10.9 Å². The molecular weight excluding hydrogens is 308 g/mol. The zero-order chi connectivity index (χ0) is 11.8. The second-order valence-corrected chi connectivity index (χ2v) is 5.47. The Bertz CT molecular complexity index is 529. The first kappa shape index (κ1) is 12.4. The molecule has 0 bridgehead atoms. The zero-order valence-electron chi connectivity index (χ0n) is 7.20. The van der Waals surface area contributed by atoms with E-state index in [4.69, 9.17) is 22.5 Å². The van der Waals surface area contributed by atoms with Crippen LogP contribution in [0.1, 0.15) is 10.4 Å². The zero-order valence-corrected chi connectivity index (χ0v) is 10.4. The first-order valence-electron chi connectivity index (χ1n) is 3.55. The summed E-state index contributed by atoms with van der Waals surface area (Å²) >= 11 is 8.72. The van der Waals surface area contributed by atoms with Crippen LogP contribution >= 0.6 is 27.5 Å². The molecule has 0 spiro atoms. The van der Waals surface area contributed by atoms with Gasteiger partial charge in [0, 0.05) is 4.47 Å². The van der Waals surface area contributed by atoms with Gasteiger partial charge in [0.25, 0.3) is 0 Å². The molecule has 15 heavy (non-hydrogen) atoms. The van der Waals surface area contributed by atoms with Crippen LogP contribution in [-0.4, -0.2) is 14.3 Å². The summed E-state index contributed by atoms with van der Waals surface area (Å²) < 4.78 is 22.3. The van der Waals surface area contributed by atoms with Crippen molar-refractivity contribution in [3.63, 3.8) is 0 Å². The van der Waals surface area contributed by atoms with E-state index in [0.29, 0.717) is 0 Å². The molecule has 82 valence electrons. The smallest absolute Gasteiger partial charge is 0.250 e. The van der Waals surface area contributed by atoms with Crippen LogP contribution in [0.25, 0.3) is 0 Å². The number of benzene rings is 1. The molecular formula is C7H6BrClN2O3S. The van der Waals surface area contributed by atoms with Crippen LogP contribution in [0.3, 0.4) is 0 Å². The maximum absolute atomic E-state index is 11.0. The van der Waals surface area contributed by atoms with Crippen LogP contribution in [0.15, 0.2) is 21.5 Å². The molecule has 0 aliphatic carbocycles. The van der Waals surface area contributed by atoms with Crippen molar-refractivity contribution in [1.29, 1.82) is 0 Å². The van der Waals surface area contributed by atoms with E-state index in [1.165, 1.54) is 6.07 Å². The second kappa shape index (κ2) is 4.09. The van der Waals surface area contributed by atoms with Gasteiger partial charge < -0.3 is 5.73 Å². The van der Waals surface area contributed by atoms with Crippen LogP contribution in [-0.2, 0) is 10.0 Å². The van der Waals surface area contributed by atoms with Crippen LogP contribution in [0.2, 0.25) is 5.02 Å². The molecule has 0 aliphatic heterocycles. The third kappa shape index (κ3) is 2.69. The van der Waals surface area contributed by atoms with Gasteiger partial charge in [0.15, 0.2) is 0 Å². The SMILES string of the molecule is NC(=O)c1cc(S(N)(=O)=O)cc(Br)c1Cl. The minimum atomic E-state index is -3.89. The van der Waals surface area contributed by atoms with E-state index in [9.17, 15) is 13.2 Å². The number of amides is 1. The number of primary amides is 1. The van der Waals surface area contributed by atoms with Crippen LogP contribution in [0.4, 0.5) is 0 Å². The standard InChI is InChI=1S/C7H6BrClN2O3S/c8-5-2-3(15(11,13)14)1-4(6(5)9)7(10)12/h1-2H,(H2,10,12)(H2,11,13,14). The first-order valence-corrected chi connectivity index (χ1v) is 6.27. The Labute approximate surface area is 99.6 Å². The van der Waals surface area contributed by atoms with Crippen LogP contribution < -0.4 is 10.9 Å². The van der Waals surface area contributed by atoms with Crippen LogP contribution in [0, 0.1) is 0 Å². The van der Waals surface area contributed by atoms with Gasteiger partial charge in [0.1, 0.15) is 0 Å². The van der Waals surface area contributed by atoms with Gasteiger partial charge >= 0.3 is 0 Å². The third-order valence-electron chi connectivity index (χ3n) is 1.60. The van der Waals surface area contributed by atoms with E-state index in [0.717, 1.165) is 6.07 Å². The summed E-state index contributed by atoms with van der Waals surface area (Å²) in [6, 6.07) is 2.23. The molecule has 4 N–H and O–H groups in total. The highest BCUT2D eigenvalue weighted by atomic mass is 79.9. The average molecular weight is 314 g/mol. The summed E-state index contributed by atoms with van der Waals surface area (Å²) in [7, 11) is -3.89. The Morgan fingerprint density at radius 1 is 1.40 bits per heavy atom. The summed E-state index contributed by atoms with van der Waals surface area (Å²) in [6.07, 6.45) is 0. The second-order valence-electron chi connectivity index (χ2n) is 2.68. The molecule has 0 unspecified atom stereocenters. The largest absolute Gasteiger partial charge is 0.366 e. The Morgan fingerprint density at radius 3 is 2.33 bits per heavy atom. The number of rotatable bonds is 2. The molecule has 0 atom stereocenters. The summed E-state index contributed by atoms with van der Waals surface area (Å²) in [6.45, 7) is 0. The number of hydrogen-bond acceptors (Lipinski definition) is 3. The normalized spacial score (nSPS) is 11.4. The lowest BCUT2D eigenvalue weighted by Gasteiger charge is -2.05. The van der Waals surface area contributed by atoms with Gasteiger partial charge in [-0.05, 0) is 28.1 Å². The van der Waals surface area contributed by atoms with Crippen molar-refractivity contribution in [1.82, 2.24) is 0 Å². The van der Waals surface area contributed by atoms with E-state index in [-0.39, 0.29) is 20.0 Å². The molecule has 1 aromatic carbocycles. The lowest BCUT2D eigenvalue weighted by atomic mass is 10.2. The number of carbonyl (C=O) groups is 1. The number of sulfonamides is 1. The highest BCUT2D eigenvalue weighted by molar-refractivity contribution is 9.10. The summed E-state index contributed by atoms with van der Waals surface area (Å²) in [5.41, 5.74) is 4.91. The van der Waals surface area contributed by atoms with Gasteiger partial charge in [-0.1, -0.05) is 11.6 Å². The first-order chi connectivity index (χ1) is 6.73. The minimum Gasteiger partial charge on any atom is -0.366 e. The maximum atomic E-state index is 11.0. The molecule has 1 rings (SSSR count). The fourth-order valence-electron chi connectivity index (χ4n) is 0.908. The van der Waals surface area contributed by atoms with Gasteiger partial charge in [0.2, 0.25) is 15.9 Å². The van der Waals surface area contributed by atoms with Gasteiger partial charge in [-0.2, -0.15) is 0 Å². The van der Waals surface area contributed by atoms with E-state index in [1.54, 1.807) is 0 Å². The lowest BCUT2D eigenvalue weighted by molar-refractivity contribution is 0.1000. The molecule has 0 radical (unpaired) electrons. The fraction of sp³-hybridized carbons (Fsp3) is 0. The number of carbonyl (C=O) groups excluding carboxylic acids is 1. The van der Waals surface area contributed by atoms with E-state index in [2.05, 4.69) is 15.9 Å². The van der Waals surface area contributed by atoms with Crippen molar-refractivity contribution < 1.29 is 13.2 Å². The monoisotopic (exact) mass is 312 g/mol. The van der Waals surface area contributed by atoms with Gasteiger partial charge in [0.05, 0.1) is 15.5 Å². The highest BCUT2D eigenvalue weighted by Gasteiger charge is 2.16. The topological polar surface area (TPSA) is 103 Å². The molecule has 0 saturated carbocycles. The Balaban J connectivity index is 3.57. The average Bonchev–Trinajstić information content (AvgIpc) is 2.06. The minimum absolute atomic E-state index is 0.0508. The van der Waals surface area contributed by atoms with Crippen LogP contribution in [0.5, 0.6) is 0 Å². The van der Waals surface area contributed by atoms with Gasteiger partial charge in [-0.25, -0.2) is 13.6 Å². The van der Waals surface area contributed by atoms with Crippen molar-refractivity contribution >= 4 is 43.5 Å². The highest BCUT2D eigenvalue weighted by Crippen LogP contribution is 2.29. The molecule has 0 aliphatic rings. The lowest BCUT2D eigenvalue weighted by Crippen LogP contribution is -2.16. The van der Waals surface area contributed by atoms with E-state index >= 15 is 0 Å². The summed E-state index contributed by atoms with van der Waals surface area (Å²) in [4.78, 5) is 10.7. The number of hydrogen-bond donors (Lipinski definition) is 2. The molecule has 0 saturated heterocycles. The van der Waals surface area contributed by atoms with Crippen molar-refractivity contribution in [2.75, 3.05) is 0 Å². The Morgan fingerprint density at radius 2 is 1.93 bits per heavy atom. The predicted octanol–water partition coefficient (Wildman–Crippen LogP) is 0.849. The van der Waals surface area contributed by atoms with Crippen molar-refractivity contribution in [3.05, 3.63) is 27.2 Å². The Hall–Kier alpha value is -0.630. The Kier molecular flexibility index (Phi) is 3.39. The molecule has 0 heterocycles. The third-order valence-corrected chi connectivity index (χ3v) is 3.75. The fourth-order valence-corrected chi connectivity index (χ4v) is 2.29.